The second kappa shape index (κ2) is 6.80. The summed E-state index contributed by atoms with van der Waals surface area (Å²) >= 11 is 6.08. The van der Waals surface area contributed by atoms with Crippen LogP contribution in [0.1, 0.15) is 27.6 Å². The maximum absolute atomic E-state index is 12.4. The first-order valence-corrected chi connectivity index (χ1v) is 7.64. The molecule has 24 heavy (non-hydrogen) atoms. The third kappa shape index (κ3) is 3.28. The first kappa shape index (κ1) is 16.1. The molecule has 0 bridgehead atoms. The number of hydrogen-bond donors (Lipinski definition) is 1. The molecule has 1 aliphatic heterocycles. The standard InChI is InChI=1S/C17H14ClNO5/c1-2-22-17(21)10-4-3-5-12(6-10)19-16(20)11-7-13(18)15-14(8-11)23-9-24-15/h3-8H,2,9H2,1H3,(H,19,20). The molecule has 2 aromatic carbocycles. The van der Waals surface area contributed by atoms with Gasteiger partial charge < -0.3 is 19.5 Å². The van der Waals surface area contributed by atoms with Crippen LogP contribution in [0.3, 0.4) is 0 Å². The highest BCUT2D eigenvalue weighted by Crippen LogP contribution is 2.39. The number of carbonyl (C=O) groups is 2. The Morgan fingerprint density at radius 2 is 2.04 bits per heavy atom. The van der Waals surface area contributed by atoms with E-state index in [9.17, 15) is 9.59 Å². The van der Waals surface area contributed by atoms with Crippen molar-refractivity contribution in [2.24, 2.45) is 0 Å². The molecule has 3 rings (SSSR count). The monoisotopic (exact) mass is 347 g/mol. The van der Waals surface area contributed by atoms with Crippen molar-refractivity contribution >= 4 is 29.2 Å². The van der Waals surface area contributed by atoms with E-state index in [1.807, 2.05) is 0 Å². The van der Waals surface area contributed by atoms with Crippen LogP contribution < -0.4 is 14.8 Å². The Morgan fingerprint density at radius 1 is 1.21 bits per heavy atom. The minimum absolute atomic E-state index is 0.0711. The Bertz CT molecular complexity index is 806. The van der Waals surface area contributed by atoms with Crippen LogP contribution in [0.15, 0.2) is 36.4 Å². The van der Waals surface area contributed by atoms with E-state index in [4.69, 9.17) is 25.8 Å². The molecule has 0 aromatic heterocycles. The maximum Gasteiger partial charge on any atom is 0.338 e. The quantitative estimate of drug-likeness (QED) is 0.857. The fourth-order valence-corrected chi connectivity index (χ4v) is 2.51. The molecule has 0 unspecified atom stereocenters. The largest absolute Gasteiger partial charge is 0.462 e. The molecule has 0 saturated carbocycles. The third-order valence-electron chi connectivity index (χ3n) is 3.32. The molecule has 2 aromatic rings. The molecule has 0 radical (unpaired) electrons. The van der Waals surface area contributed by atoms with Crippen molar-refractivity contribution in [3.63, 3.8) is 0 Å². The van der Waals surface area contributed by atoms with Crippen molar-refractivity contribution in [1.29, 1.82) is 0 Å². The number of benzene rings is 2. The third-order valence-corrected chi connectivity index (χ3v) is 3.60. The Labute approximate surface area is 143 Å². The predicted octanol–water partition coefficient (Wildman–Crippen LogP) is 3.50. The lowest BCUT2D eigenvalue weighted by Gasteiger charge is -2.08. The molecule has 0 atom stereocenters. The average Bonchev–Trinajstić information content (AvgIpc) is 3.04. The summed E-state index contributed by atoms with van der Waals surface area (Å²) in [4.78, 5) is 24.1. The fraction of sp³-hybridized carbons (Fsp3) is 0.176. The van der Waals surface area contributed by atoms with Gasteiger partial charge in [0.05, 0.1) is 17.2 Å². The van der Waals surface area contributed by atoms with Gasteiger partial charge in [0, 0.05) is 11.3 Å². The number of halogens is 1. The Hall–Kier alpha value is -2.73. The van der Waals surface area contributed by atoms with E-state index in [0.29, 0.717) is 33.3 Å². The van der Waals surface area contributed by atoms with Gasteiger partial charge in [0.2, 0.25) is 6.79 Å². The number of ether oxygens (including phenoxy) is 3. The van der Waals surface area contributed by atoms with Gasteiger partial charge in [-0.1, -0.05) is 17.7 Å². The lowest BCUT2D eigenvalue weighted by Crippen LogP contribution is -2.13. The summed E-state index contributed by atoms with van der Waals surface area (Å²) in [6, 6.07) is 9.55. The topological polar surface area (TPSA) is 73.9 Å². The number of carbonyl (C=O) groups excluding carboxylic acids is 2. The Balaban J connectivity index is 1.79. The van der Waals surface area contributed by atoms with Crippen molar-refractivity contribution in [2.75, 3.05) is 18.7 Å². The summed E-state index contributed by atoms with van der Waals surface area (Å²) < 4.78 is 15.4. The van der Waals surface area contributed by atoms with Gasteiger partial charge >= 0.3 is 5.97 Å². The molecule has 1 N–H and O–H groups in total. The van der Waals surface area contributed by atoms with Gasteiger partial charge in [-0.3, -0.25) is 4.79 Å². The summed E-state index contributed by atoms with van der Waals surface area (Å²) in [7, 11) is 0. The normalized spacial score (nSPS) is 11.9. The molecule has 0 spiro atoms. The van der Waals surface area contributed by atoms with Gasteiger partial charge in [-0.2, -0.15) is 0 Å². The first-order chi connectivity index (χ1) is 11.6. The minimum atomic E-state index is -0.445. The number of fused-ring (bicyclic) bond motifs is 1. The van der Waals surface area contributed by atoms with E-state index in [1.54, 1.807) is 37.3 Å². The second-order valence-corrected chi connectivity index (χ2v) is 5.35. The van der Waals surface area contributed by atoms with Crippen molar-refractivity contribution in [2.45, 2.75) is 6.92 Å². The van der Waals surface area contributed by atoms with Gasteiger partial charge in [0.25, 0.3) is 5.91 Å². The van der Waals surface area contributed by atoms with Crippen LogP contribution in [-0.4, -0.2) is 25.3 Å². The molecule has 1 heterocycles. The summed E-state index contributed by atoms with van der Waals surface area (Å²) in [5, 5.41) is 3.01. The van der Waals surface area contributed by atoms with E-state index < -0.39 is 5.97 Å². The molecule has 0 aliphatic carbocycles. The summed E-state index contributed by atoms with van der Waals surface area (Å²) in [5.41, 5.74) is 1.16. The molecule has 0 fully saturated rings. The zero-order valence-corrected chi connectivity index (χ0v) is 13.6. The highest BCUT2D eigenvalue weighted by molar-refractivity contribution is 6.32. The number of anilines is 1. The second-order valence-electron chi connectivity index (χ2n) is 4.95. The molecule has 1 aliphatic rings. The van der Waals surface area contributed by atoms with Crippen molar-refractivity contribution in [3.8, 4) is 11.5 Å². The van der Waals surface area contributed by atoms with E-state index in [2.05, 4.69) is 5.32 Å². The van der Waals surface area contributed by atoms with Gasteiger partial charge in [-0.25, -0.2) is 4.79 Å². The lowest BCUT2D eigenvalue weighted by molar-refractivity contribution is 0.0526. The van der Waals surface area contributed by atoms with Crippen LogP contribution >= 0.6 is 11.6 Å². The van der Waals surface area contributed by atoms with Crippen LogP contribution in [-0.2, 0) is 4.74 Å². The van der Waals surface area contributed by atoms with Crippen molar-refractivity contribution in [1.82, 2.24) is 0 Å². The molecular formula is C17H14ClNO5. The van der Waals surface area contributed by atoms with Crippen LogP contribution in [0.2, 0.25) is 5.02 Å². The van der Waals surface area contributed by atoms with E-state index >= 15 is 0 Å². The van der Waals surface area contributed by atoms with Gasteiger partial charge in [0.1, 0.15) is 0 Å². The van der Waals surface area contributed by atoms with Gasteiger partial charge in [-0.15, -0.1) is 0 Å². The van der Waals surface area contributed by atoms with Gasteiger partial charge in [-0.05, 0) is 37.3 Å². The van der Waals surface area contributed by atoms with E-state index in [-0.39, 0.29) is 19.3 Å². The maximum atomic E-state index is 12.4. The number of nitrogens with one attached hydrogen (secondary N) is 1. The molecule has 7 heteroatoms. The fourth-order valence-electron chi connectivity index (χ4n) is 2.24. The van der Waals surface area contributed by atoms with Crippen molar-refractivity contribution < 1.29 is 23.8 Å². The Kier molecular flexibility index (Phi) is 4.57. The van der Waals surface area contributed by atoms with Crippen molar-refractivity contribution in [3.05, 3.63) is 52.5 Å². The highest BCUT2D eigenvalue weighted by atomic mass is 35.5. The highest BCUT2D eigenvalue weighted by Gasteiger charge is 2.21. The van der Waals surface area contributed by atoms with Crippen LogP contribution in [0.5, 0.6) is 11.5 Å². The number of amides is 1. The first-order valence-electron chi connectivity index (χ1n) is 7.26. The summed E-state index contributed by atoms with van der Waals surface area (Å²) in [6.07, 6.45) is 0. The van der Waals surface area contributed by atoms with Crippen LogP contribution in [0, 0.1) is 0 Å². The molecular weight excluding hydrogens is 334 g/mol. The predicted molar refractivity (Wildman–Crippen MR) is 87.9 cm³/mol. The van der Waals surface area contributed by atoms with Crippen LogP contribution in [0.25, 0.3) is 0 Å². The number of hydrogen-bond acceptors (Lipinski definition) is 5. The molecule has 1 amide bonds. The van der Waals surface area contributed by atoms with E-state index in [1.165, 1.54) is 6.07 Å². The van der Waals surface area contributed by atoms with Gasteiger partial charge in [0.15, 0.2) is 11.5 Å². The summed E-state index contributed by atoms with van der Waals surface area (Å²) in [5.74, 6) is 0.0291. The zero-order valence-electron chi connectivity index (χ0n) is 12.8. The molecule has 6 nitrogen and oxygen atoms in total. The average molecular weight is 348 g/mol. The number of rotatable bonds is 4. The SMILES string of the molecule is CCOC(=O)c1cccc(NC(=O)c2cc(Cl)c3c(c2)OCO3)c1. The zero-order chi connectivity index (χ0) is 17.1. The minimum Gasteiger partial charge on any atom is -0.462 e. The molecule has 124 valence electrons. The number of esters is 1. The Morgan fingerprint density at radius 3 is 2.83 bits per heavy atom. The van der Waals surface area contributed by atoms with Crippen LogP contribution in [0.4, 0.5) is 5.69 Å². The smallest absolute Gasteiger partial charge is 0.338 e. The summed E-state index contributed by atoms with van der Waals surface area (Å²) in [6.45, 7) is 2.08. The van der Waals surface area contributed by atoms with E-state index in [0.717, 1.165) is 0 Å². The lowest BCUT2D eigenvalue weighted by atomic mass is 10.1. The molecule has 0 saturated heterocycles.